The molecule has 6 nitrogen and oxygen atoms in total. The topological polar surface area (TPSA) is 74.9 Å². The smallest absolute Gasteiger partial charge is 0.205 e. The van der Waals surface area contributed by atoms with Crippen molar-refractivity contribution >= 4 is 5.96 Å². The fraction of sp³-hybridized carbons (Fsp3) is 0.917. The first-order valence-electron chi connectivity index (χ1n) is 6.56. The molecule has 1 fully saturated rings. The molecule has 0 aliphatic heterocycles. The van der Waals surface area contributed by atoms with Crippen LogP contribution in [0.4, 0.5) is 0 Å². The molecule has 0 saturated heterocycles. The van der Waals surface area contributed by atoms with Crippen LogP contribution in [0.1, 0.15) is 25.7 Å². The normalized spacial score (nSPS) is 18.6. The number of hydrogen-bond acceptors (Lipinski definition) is 4. The van der Waals surface area contributed by atoms with Crippen LogP contribution in [0.25, 0.3) is 0 Å². The van der Waals surface area contributed by atoms with Crippen LogP contribution in [0.15, 0.2) is 4.99 Å². The Morgan fingerprint density at radius 1 is 1.44 bits per heavy atom. The van der Waals surface area contributed by atoms with Gasteiger partial charge in [0.25, 0.3) is 0 Å². The van der Waals surface area contributed by atoms with E-state index in [1.807, 2.05) is 0 Å². The number of ether oxygens (including phenoxy) is 1. The molecule has 1 aliphatic rings. The molecule has 1 rings (SSSR count). The first-order valence-corrected chi connectivity index (χ1v) is 6.56. The molecule has 1 aliphatic carbocycles. The Balaban J connectivity index is 2.37. The summed E-state index contributed by atoms with van der Waals surface area (Å²) in [5, 5.41) is 3.18. The zero-order valence-corrected chi connectivity index (χ0v) is 11.8. The number of nitrogens with two attached hydrogens (primary N) is 1. The first kappa shape index (κ1) is 15.2. The summed E-state index contributed by atoms with van der Waals surface area (Å²) in [6.45, 7) is 2.34. The largest absolute Gasteiger partial charge is 0.385 e. The van der Waals surface area contributed by atoms with Crippen LogP contribution in [-0.4, -0.2) is 57.3 Å². The van der Waals surface area contributed by atoms with Crippen molar-refractivity contribution in [2.75, 3.05) is 40.9 Å². The zero-order valence-electron chi connectivity index (χ0n) is 11.8. The highest BCUT2D eigenvalue weighted by molar-refractivity contribution is 5.79. The van der Waals surface area contributed by atoms with E-state index in [-0.39, 0.29) is 5.54 Å². The standard InChI is InChI=1S/C12H27N5O/c1-17(2)12(6-4-7-12)10-15-11(16-13)14-8-5-9-18-3/h4-10,13H2,1-3H3,(H2,14,15,16). The van der Waals surface area contributed by atoms with Gasteiger partial charge in [-0.3, -0.25) is 10.4 Å². The fourth-order valence-corrected chi connectivity index (χ4v) is 2.13. The predicted molar refractivity (Wildman–Crippen MR) is 74.4 cm³/mol. The third-order valence-corrected chi connectivity index (χ3v) is 3.72. The Hall–Kier alpha value is -0.850. The van der Waals surface area contributed by atoms with Gasteiger partial charge in [-0.2, -0.15) is 0 Å². The lowest BCUT2D eigenvalue weighted by molar-refractivity contribution is 0.0699. The molecule has 0 bridgehead atoms. The molecule has 4 N–H and O–H groups in total. The van der Waals surface area contributed by atoms with Crippen molar-refractivity contribution in [2.24, 2.45) is 10.8 Å². The average molecular weight is 257 g/mol. The van der Waals surface area contributed by atoms with E-state index in [0.29, 0.717) is 5.96 Å². The van der Waals surface area contributed by atoms with Gasteiger partial charge in [0.1, 0.15) is 0 Å². The van der Waals surface area contributed by atoms with Gasteiger partial charge in [-0.15, -0.1) is 0 Å². The molecule has 0 atom stereocenters. The molecule has 0 amide bonds. The van der Waals surface area contributed by atoms with Gasteiger partial charge in [0, 0.05) is 25.8 Å². The number of nitrogens with one attached hydrogen (secondary N) is 2. The fourth-order valence-electron chi connectivity index (χ4n) is 2.13. The third-order valence-electron chi connectivity index (χ3n) is 3.72. The second-order valence-electron chi connectivity index (χ2n) is 5.05. The van der Waals surface area contributed by atoms with Gasteiger partial charge >= 0.3 is 0 Å². The lowest BCUT2D eigenvalue weighted by Crippen LogP contribution is -2.53. The van der Waals surface area contributed by atoms with E-state index in [9.17, 15) is 0 Å². The highest BCUT2D eigenvalue weighted by Crippen LogP contribution is 2.36. The molecule has 0 aromatic rings. The second-order valence-corrected chi connectivity index (χ2v) is 5.05. The number of methoxy groups -OCH3 is 1. The van der Waals surface area contributed by atoms with Crippen molar-refractivity contribution in [1.82, 2.24) is 15.6 Å². The van der Waals surface area contributed by atoms with Gasteiger partial charge in [-0.1, -0.05) is 0 Å². The van der Waals surface area contributed by atoms with Crippen LogP contribution in [0.3, 0.4) is 0 Å². The van der Waals surface area contributed by atoms with Crippen molar-refractivity contribution in [1.29, 1.82) is 0 Å². The molecular weight excluding hydrogens is 230 g/mol. The number of nitrogens with zero attached hydrogens (tertiary/aromatic N) is 2. The van der Waals surface area contributed by atoms with E-state index < -0.39 is 0 Å². The first-order chi connectivity index (χ1) is 8.64. The third kappa shape index (κ3) is 4.12. The summed E-state index contributed by atoms with van der Waals surface area (Å²) in [5.41, 5.74) is 2.85. The number of hydrogen-bond donors (Lipinski definition) is 3. The minimum absolute atomic E-state index is 0.232. The summed E-state index contributed by atoms with van der Waals surface area (Å²) >= 11 is 0. The minimum Gasteiger partial charge on any atom is -0.385 e. The number of likely N-dealkylation sites (N-methyl/N-ethyl adjacent to an activating group) is 1. The van der Waals surface area contributed by atoms with E-state index >= 15 is 0 Å². The van der Waals surface area contributed by atoms with Gasteiger partial charge < -0.3 is 15.0 Å². The van der Waals surface area contributed by atoms with Crippen LogP contribution in [-0.2, 0) is 4.74 Å². The number of hydrazine groups is 1. The maximum Gasteiger partial charge on any atom is 0.205 e. The molecule has 0 aromatic heterocycles. The summed E-state index contributed by atoms with van der Waals surface area (Å²) in [6.07, 6.45) is 4.66. The van der Waals surface area contributed by atoms with E-state index in [1.165, 1.54) is 19.3 Å². The lowest BCUT2D eigenvalue weighted by Gasteiger charge is -2.46. The summed E-state index contributed by atoms with van der Waals surface area (Å²) in [5.74, 6) is 6.13. The minimum atomic E-state index is 0.232. The Kier molecular flexibility index (Phi) is 6.38. The molecule has 0 heterocycles. The van der Waals surface area contributed by atoms with E-state index in [0.717, 1.165) is 26.1 Å². The van der Waals surface area contributed by atoms with Gasteiger partial charge in [-0.05, 0) is 39.8 Å². The van der Waals surface area contributed by atoms with Crippen LogP contribution in [0.5, 0.6) is 0 Å². The van der Waals surface area contributed by atoms with Gasteiger partial charge in [-0.25, -0.2) is 5.84 Å². The Morgan fingerprint density at radius 2 is 2.17 bits per heavy atom. The van der Waals surface area contributed by atoms with Crippen molar-refractivity contribution in [3.8, 4) is 0 Å². The molecule has 1 saturated carbocycles. The monoisotopic (exact) mass is 257 g/mol. The average Bonchev–Trinajstić information content (AvgIpc) is 2.30. The lowest BCUT2D eigenvalue weighted by atomic mass is 9.76. The number of rotatable bonds is 7. The quantitative estimate of drug-likeness (QED) is 0.195. The Morgan fingerprint density at radius 3 is 2.61 bits per heavy atom. The maximum atomic E-state index is 5.46. The van der Waals surface area contributed by atoms with E-state index in [1.54, 1.807) is 7.11 Å². The zero-order chi connectivity index (χ0) is 13.4. The molecule has 0 radical (unpaired) electrons. The number of aliphatic imine (C=N–C) groups is 1. The van der Waals surface area contributed by atoms with Crippen molar-refractivity contribution in [3.05, 3.63) is 0 Å². The molecule has 0 spiro atoms. The highest BCUT2D eigenvalue weighted by Gasteiger charge is 2.38. The summed E-state index contributed by atoms with van der Waals surface area (Å²) < 4.78 is 4.99. The number of guanidine groups is 1. The summed E-state index contributed by atoms with van der Waals surface area (Å²) in [4.78, 5) is 6.82. The highest BCUT2D eigenvalue weighted by atomic mass is 16.5. The Labute approximate surface area is 110 Å². The Bertz CT molecular complexity index is 263. The van der Waals surface area contributed by atoms with Gasteiger partial charge in [0.05, 0.1) is 6.54 Å². The van der Waals surface area contributed by atoms with Crippen molar-refractivity contribution in [3.63, 3.8) is 0 Å². The molecular formula is C12H27N5O. The molecule has 6 heteroatoms. The van der Waals surface area contributed by atoms with Crippen LogP contribution >= 0.6 is 0 Å². The molecule has 106 valence electrons. The van der Waals surface area contributed by atoms with Crippen LogP contribution in [0.2, 0.25) is 0 Å². The SMILES string of the molecule is COCCCNC(=NCC1(N(C)C)CCC1)NN. The summed E-state index contributed by atoms with van der Waals surface area (Å²) in [6, 6.07) is 0. The van der Waals surface area contributed by atoms with E-state index in [2.05, 4.69) is 34.7 Å². The summed E-state index contributed by atoms with van der Waals surface area (Å²) in [7, 11) is 5.94. The van der Waals surface area contributed by atoms with Crippen molar-refractivity contribution in [2.45, 2.75) is 31.2 Å². The van der Waals surface area contributed by atoms with Gasteiger partial charge in [0.15, 0.2) is 0 Å². The van der Waals surface area contributed by atoms with Crippen molar-refractivity contribution < 1.29 is 4.74 Å². The molecule has 0 aromatic carbocycles. The van der Waals surface area contributed by atoms with E-state index in [4.69, 9.17) is 10.6 Å². The second kappa shape index (κ2) is 7.56. The van der Waals surface area contributed by atoms with Crippen LogP contribution < -0.4 is 16.6 Å². The molecule has 0 unspecified atom stereocenters. The van der Waals surface area contributed by atoms with Gasteiger partial charge in [0.2, 0.25) is 5.96 Å². The maximum absolute atomic E-state index is 5.46. The predicted octanol–water partition coefficient (Wildman–Crippen LogP) is -0.0839. The molecule has 18 heavy (non-hydrogen) atoms. The van der Waals surface area contributed by atoms with Crippen LogP contribution in [0, 0.1) is 0 Å².